The van der Waals surface area contributed by atoms with E-state index < -0.39 is 0 Å². The van der Waals surface area contributed by atoms with Crippen LogP contribution in [0, 0.1) is 17.8 Å². The number of rotatable bonds is 4. The Morgan fingerprint density at radius 1 is 1.33 bits per heavy atom. The normalized spacial score (nSPS) is 35.3. The molecule has 0 unspecified atom stereocenters. The number of likely N-dealkylation sites (N-methyl/N-ethyl adjacent to an activating group) is 1. The Kier molecular flexibility index (Phi) is 3.54. The van der Waals surface area contributed by atoms with Crippen LogP contribution in [0.3, 0.4) is 0 Å². The summed E-state index contributed by atoms with van der Waals surface area (Å²) >= 11 is 0. The molecular weight excluding hydrogens is 230 g/mol. The summed E-state index contributed by atoms with van der Waals surface area (Å²) in [6, 6.07) is 0. The molecule has 1 N–H and O–H groups in total. The van der Waals surface area contributed by atoms with Gasteiger partial charge in [0.15, 0.2) is 0 Å². The highest BCUT2D eigenvalue weighted by atomic mass is 16.5. The van der Waals surface area contributed by atoms with E-state index in [-0.39, 0.29) is 0 Å². The summed E-state index contributed by atoms with van der Waals surface area (Å²) in [5.41, 5.74) is 0. The smallest absolute Gasteiger partial charge is 0.226 e. The van der Waals surface area contributed by atoms with Crippen molar-refractivity contribution in [2.24, 2.45) is 17.8 Å². The van der Waals surface area contributed by atoms with Gasteiger partial charge in [0.05, 0.1) is 13.2 Å². The summed E-state index contributed by atoms with van der Waals surface area (Å²) in [5, 5.41) is 3.34. The largest absolute Gasteiger partial charge is 0.379 e. The number of morpholine rings is 1. The van der Waals surface area contributed by atoms with E-state index in [4.69, 9.17) is 4.74 Å². The maximum absolute atomic E-state index is 12.2. The van der Waals surface area contributed by atoms with Crippen molar-refractivity contribution in [2.75, 3.05) is 59.5 Å². The van der Waals surface area contributed by atoms with Crippen molar-refractivity contribution in [3.8, 4) is 0 Å². The van der Waals surface area contributed by atoms with Crippen molar-refractivity contribution >= 4 is 5.91 Å². The molecule has 5 nitrogen and oxygen atoms in total. The van der Waals surface area contributed by atoms with E-state index in [1.807, 2.05) is 11.9 Å². The Bertz CT molecular complexity index is 307. The number of carbonyl (C=O) groups excluding carboxylic acids is 1. The minimum atomic E-state index is 0.320. The van der Waals surface area contributed by atoms with Gasteiger partial charge in [-0.1, -0.05) is 0 Å². The topological polar surface area (TPSA) is 44.8 Å². The number of ether oxygens (including phenoxy) is 1. The fraction of sp³-hybridized carbons (Fsp3) is 0.923. The number of hydrogen-bond acceptors (Lipinski definition) is 4. The van der Waals surface area contributed by atoms with Gasteiger partial charge in [0.1, 0.15) is 0 Å². The Morgan fingerprint density at radius 2 is 2.00 bits per heavy atom. The zero-order valence-corrected chi connectivity index (χ0v) is 11.1. The van der Waals surface area contributed by atoms with Gasteiger partial charge in [0.2, 0.25) is 5.91 Å². The number of fused-ring (bicyclic) bond motifs is 1. The third-order valence-electron chi connectivity index (χ3n) is 4.61. The van der Waals surface area contributed by atoms with Gasteiger partial charge in [-0.15, -0.1) is 0 Å². The Hall–Kier alpha value is -0.650. The number of hydrogen-bond donors (Lipinski definition) is 1. The molecule has 18 heavy (non-hydrogen) atoms. The Labute approximate surface area is 108 Å². The average molecular weight is 253 g/mol. The van der Waals surface area contributed by atoms with E-state index in [9.17, 15) is 4.79 Å². The second kappa shape index (κ2) is 5.15. The minimum absolute atomic E-state index is 0.320. The minimum Gasteiger partial charge on any atom is -0.379 e. The maximum atomic E-state index is 12.2. The zero-order valence-electron chi connectivity index (χ0n) is 11.1. The molecule has 0 aromatic heterocycles. The van der Waals surface area contributed by atoms with Crippen LogP contribution < -0.4 is 5.32 Å². The van der Waals surface area contributed by atoms with E-state index in [0.29, 0.717) is 23.7 Å². The molecule has 5 heteroatoms. The fourth-order valence-corrected chi connectivity index (χ4v) is 3.27. The number of amides is 1. The third kappa shape index (κ3) is 2.39. The van der Waals surface area contributed by atoms with Crippen molar-refractivity contribution in [1.29, 1.82) is 0 Å². The van der Waals surface area contributed by atoms with Crippen LogP contribution >= 0.6 is 0 Å². The van der Waals surface area contributed by atoms with Crippen LogP contribution in [-0.2, 0) is 9.53 Å². The van der Waals surface area contributed by atoms with Crippen molar-refractivity contribution in [3.05, 3.63) is 0 Å². The van der Waals surface area contributed by atoms with Crippen LogP contribution in [0.2, 0.25) is 0 Å². The summed E-state index contributed by atoms with van der Waals surface area (Å²) in [4.78, 5) is 16.6. The molecule has 0 radical (unpaired) electrons. The van der Waals surface area contributed by atoms with Gasteiger partial charge < -0.3 is 15.0 Å². The highest BCUT2D eigenvalue weighted by molar-refractivity contribution is 5.82. The van der Waals surface area contributed by atoms with Gasteiger partial charge in [0.25, 0.3) is 0 Å². The molecule has 0 aromatic carbocycles. The Balaban J connectivity index is 1.41. The van der Waals surface area contributed by atoms with Crippen molar-refractivity contribution in [1.82, 2.24) is 15.1 Å². The van der Waals surface area contributed by atoms with Crippen molar-refractivity contribution in [3.63, 3.8) is 0 Å². The van der Waals surface area contributed by atoms with Crippen LogP contribution in [0.15, 0.2) is 0 Å². The molecule has 3 aliphatic rings. The van der Waals surface area contributed by atoms with E-state index in [1.165, 1.54) is 0 Å². The molecule has 1 amide bonds. The second-order valence-corrected chi connectivity index (χ2v) is 5.73. The maximum Gasteiger partial charge on any atom is 0.226 e. The number of nitrogens with one attached hydrogen (secondary N) is 1. The molecular formula is C13H23N3O2. The zero-order chi connectivity index (χ0) is 12.5. The molecule has 2 aliphatic heterocycles. The third-order valence-corrected chi connectivity index (χ3v) is 4.61. The predicted molar refractivity (Wildman–Crippen MR) is 68.2 cm³/mol. The summed E-state index contributed by atoms with van der Waals surface area (Å²) in [7, 11) is 1.95. The molecule has 102 valence electrons. The first-order valence-electron chi connectivity index (χ1n) is 7.03. The first kappa shape index (κ1) is 12.4. The highest BCUT2D eigenvalue weighted by Crippen LogP contribution is 2.49. The number of piperidine rings is 1. The molecule has 2 saturated heterocycles. The molecule has 3 fully saturated rings. The SMILES string of the molecule is CN(CCN1CCOCC1)C(=O)[C@H]1[C@@H]2CNC[C@@H]21. The van der Waals surface area contributed by atoms with Crippen LogP contribution in [0.1, 0.15) is 0 Å². The van der Waals surface area contributed by atoms with Gasteiger partial charge in [-0.2, -0.15) is 0 Å². The summed E-state index contributed by atoms with van der Waals surface area (Å²) < 4.78 is 5.32. The van der Waals surface area contributed by atoms with Gasteiger partial charge in [-0.3, -0.25) is 9.69 Å². The van der Waals surface area contributed by atoms with E-state index in [1.54, 1.807) is 0 Å². The first-order chi connectivity index (χ1) is 8.77. The quantitative estimate of drug-likeness (QED) is 0.715. The number of nitrogens with zero attached hydrogens (tertiary/aromatic N) is 2. The molecule has 1 aliphatic carbocycles. The molecule has 3 atom stereocenters. The van der Waals surface area contributed by atoms with Gasteiger partial charge in [-0.05, 0) is 24.9 Å². The lowest BCUT2D eigenvalue weighted by Crippen LogP contribution is -2.42. The molecule has 0 bridgehead atoms. The highest BCUT2D eigenvalue weighted by Gasteiger charge is 2.57. The van der Waals surface area contributed by atoms with Crippen LogP contribution in [0.5, 0.6) is 0 Å². The molecule has 0 aromatic rings. The van der Waals surface area contributed by atoms with Crippen molar-refractivity contribution in [2.45, 2.75) is 0 Å². The lowest BCUT2D eigenvalue weighted by Gasteiger charge is -2.28. The van der Waals surface area contributed by atoms with Crippen LogP contribution in [0.4, 0.5) is 0 Å². The van der Waals surface area contributed by atoms with Crippen LogP contribution in [0.25, 0.3) is 0 Å². The summed E-state index contributed by atoms with van der Waals surface area (Å²) in [6.45, 7) is 7.57. The molecule has 3 rings (SSSR count). The first-order valence-corrected chi connectivity index (χ1v) is 7.03. The fourth-order valence-electron chi connectivity index (χ4n) is 3.27. The monoisotopic (exact) mass is 253 g/mol. The van der Waals surface area contributed by atoms with E-state index in [2.05, 4.69) is 10.2 Å². The van der Waals surface area contributed by atoms with Crippen LogP contribution in [-0.4, -0.2) is 75.2 Å². The summed E-state index contributed by atoms with van der Waals surface area (Å²) in [6.07, 6.45) is 0. The van der Waals surface area contributed by atoms with Gasteiger partial charge >= 0.3 is 0 Å². The average Bonchev–Trinajstić information content (AvgIpc) is 2.88. The summed E-state index contributed by atoms with van der Waals surface area (Å²) in [5.74, 6) is 1.94. The standard InChI is InChI=1S/C13H23N3O2/c1-15(2-3-16-4-6-18-7-5-16)13(17)12-10-8-14-9-11(10)12/h10-12,14H,2-9H2,1H3/t10-,11+,12+. The molecule has 2 heterocycles. The lowest BCUT2D eigenvalue weighted by atomic mass is 10.2. The van der Waals surface area contributed by atoms with E-state index >= 15 is 0 Å². The van der Waals surface area contributed by atoms with Gasteiger partial charge in [-0.25, -0.2) is 0 Å². The number of carbonyl (C=O) groups is 1. The lowest BCUT2D eigenvalue weighted by molar-refractivity contribution is -0.132. The predicted octanol–water partition coefficient (Wildman–Crippen LogP) is -0.758. The van der Waals surface area contributed by atoms with E-state index in [0.717, 1.165) is 52.5 Å². The van der Waals surface area contributed by atoms with Gasteiger partial charge in [0, 0.05) is 39.1 Å². The van der Waals surface area contributed by atoms with Crippen molar-refractivity contribution < 1.29 is 9.53 Å². The second-order valence-electron chi connectivity index (χ2n) is 5.73. The molecule has 0 spiro atoms. The Morgan fingerprint density at radius 3 is 2.67 bits per heavy atom. The molecule has 1 saturated carbocycles.